The van der Waals surface area contributed by atoms with Crippen molar-refractivity contribution in [3.05, 3.63) is 54.6 Å². The molecule has 0 bridgehead atoms. The number of hydrogen-bond donors (Lipinski definition) is 2. The van der Waals surface area contributed by atoms with Gasteiger partial charge in [-0.1, -0.05) is 12.1 Å². The Kier molecular flexibility index (Phi) is 3.88. The van der Waals surface area contributed by atoms with Crippen molar-refractivity contribution in [3.63, 3.8) is 0 Å². The normalized spacial score (nSPS) is 18.2. The number of rotatable bonds is 4. The molecule has 6 rings (SSSR count). The number of H-pyrrole nitrogens is 2. The Bertz CT molecular complexity index is 1410. The third kappa shape index (κ3) is 2.86. The number of aromatic amines is 2. The Morgan fingerprint density at radius 2 is 1.97 bits per heavy atom. The summed E-state index contributed by atoms with van der Waals surface area (Å²) >= 11 is 0. The largest absolute Gasteiger partial charge is 0.346 e. The molecule has 1 aliphatic heterocycles. The average molecular weight is 420 g/mol. The zero-order chi connectivity index (χ0) is 20.3. The molecule has 3 aromatic heterocycles. The fourth-order valence-electron chi connectivity index (χ4n) is 4.24. The first kappa shape index (κ1) is 17.9. The van der Waals surface area contributed by atoms with Crippen LogP contribution in [0.15, 0.2) is 49.1 Å². The lowest BCUT2D eigenvalue weighted by Crippen LogP contribution is -2.37. The molecule has 0 amide bonds. The monoisotopic (exact) mass is 419 g/mol. The van der Waals surface area contributed by atoms with E-state index in [2.05, 4.69) is 44.2 Å². The van der Waals surface area contributed by atoms with Gasteiger partial charge in [-0.25, -0.2) is 18.4 Å². The molecular formula is C22H21N5O2S. The Morgan fingerprint density at radius 3 is 2.83 bits per heavy atom. The van der Waals surface area contributed by atoms with Crippen LogP contribution in [-0.2, 0) is 10.0 Å². The molecule has 0 radical (unpaired) electrons. The molecule has 0 atom stereocenters. The van der Waals surface area contributed by atoms with Crippen molar-refractivity contribution in [1.29, 1.82) is 0 Å². The highest BCUT2D eigenvalue weighted by atomic mass is 32.2. The van der Waals surface area contributed by atoms with Gasteiger partial charge in [-0.2, -0.15) is 4.31 Å². The van der Waals surface area contributed by atoms with Gasteiger partial charge in [0.2, 0.25) is 10.0 Å². The van der Waals surface area contributed by atoms with Gasteiger partial charge in [0.05, 0.1) is 22.6 Å². The van der Waals surface area contributed by atoms with E-state index in [0.29, 0.717) is 13.1 Å². The first-order chi connectivity index (χ1) is 14.6. The number of aromatic nitrogens is 4. The van der Waals surface area contributed by atoms with Gasteiger partial charge in [0, 0.05) is 36.4 Å². The van der Waals surface area contributed by atoms with Gasteiger partial charge in [-0.05, 0) is 54.2 Å². The highest BCUT2D eigenvalue weighted by molar-refractivity contribution is 7.90. The first-order valence-corrected chi connectivity index (χ1v) is 11.7. The summed E-state index contributed by atoms with van der Waals surface area (Å²) in [7, 11) is -3.17. The molecule has 30 heavy (non-hydrogen) atoms. The summed E-state index contributed by atoms with van der Waals surface area (Å²) in [4.78, 5) is 15.3. The standard InChI is InChI=1S/C22H21N5O2S/c28-30(29,17-4-5-17)27-7-1-2-15(12-27)16-8-18-19(11-24-22(18)23-10-16)14-3-6-20-21(9-14)26-13-25-20/h2-3,6,8-11,13,17H,1,4-5,7,12H2,(H,23,24)(H,25,26). The number of sulfonamides is 1. The molecule has 1 aromatic carbocycles. The number of nitrogens with one attached hydrogen (secondary N) is 2. The van der Waals surface area contributed by atoms with E-state index in [-0.39, 0.29) is 5.25 Å². The highest BCUT2D eigenvalue weighted by Crippen LogP contribution is 2.35. The van der Waals surface area contributed by atoms with Gasteiger partial charge in [0.1, 0.15) is 5.65 Å². The van der Waals surface area contributed by atoms with Crippen LogP contribution in [0.4, 0.5) is 0 Å². The molecule has 1 fully saturated rings. The Labute approximate surface area is 173 Å². The van der Waals surface area contributed by atoms with E-state index in [0.717, 1.165) is 63.6 Å². The maximum atomic E-state index is 12.7. The van der Waals surface area contributed by atoms with Crippen LogP contribution in [0, 0.1) is 0 Å². The molecule has 0 saturated heterocycles. The minimum atomic E-state index is -3.17. The van der Waals surface area contributed by atoms with Gasteiger partial charge in [-0.15, -0.1) is 0 Å². The molecule has 7 nitrogen and oxygen atoms in total. The van der Waals surface area contributed by atoms with Crippen molar-refractivity contribution in [1.82, 2.24) is 24.2 Å². The maximum Gasteiger partial charge on any atom is 0.217 e. The Hall–Kier alpha value is -2.97. The number of imidazole rings is 1. The van der Waals surface area contributed by atoms with Crippen LogP contribution in [-0.4, -0.2) is 51.0 Å². The van der Waals surface area contributed by atoms with E-state index in [1.807, 2.05) is 18.5 Å². The average Bonchev–Trinajstić information content (AvgIpc) is 3.40. The lowest BCUT2D eigenvalue weighted by molar-refractivity contribution is 0.442. The molecule has 4 heterocycles. The fourth-order valence-corrected chi connectivity index (χ4v) is 6.07. The summed E-state index contributed by atoms with van der Waals surface area (Å²) in [6, 6.07) is 8.26. The van der Waals surface area contributed by atoms with Crippen LogP contribution in [0.25, 0.3) is 38.8 Å². The molecular weight excluding hydrogens is 398 g/mol. The third-order valence-electron chi connectivity index (χ3n) is 6.05. The molecule has 2 aliphatic rings. The van der Waals surface area contributed by atoms with Crippen molar-refractivity contribution in [3.8, 4) is 11.1 Å². The molecule has 152 valence electrons. The van der Waals surface area contributed by atoms with Crippen molar-refractivity contribution in [2.45, 2.75) is 24.5 Å². The Morgan fingerprint density at radius 1 is 1.07 bits per heavy atom. The minimum absolute atomic E-state index is 0.175. The molecule has 1 aliphatic carbocycles. The van der Waals surface area contributed by atoms with Gasteiger partial charge < -0.3 is 9.97 Å². The Balaban J connectivity index is 1.38. The quantitative estimate of drug-likeness (QED) is 0.527. The van der Waals surface area contributed by atoms with E-state index in [1.54, 1.807) is 10.6 Å². The summed E-state index contributed by atoms with van der Waals surface area (Å²) in [5.41, 5.74) is 6.88. The second-order valence-electron chi connectivity index (χ2n) is 8.05. The van der Waals surface area contributed by atoms with E-state index < -0.39 is 10.0 Å². The van der Waals surface area contributed by atoms with Crippen LogP contribution in [0.3, 0.4) is 0 Å². The van der Waals surface area contributed by atoms with Crippen LogP contribution >= 0.6 is 0 Å². The van der Waals surface area contributed by atoms with Gasteiger partial charge in [0.25, 0.3) is 0 Å². The van der Waals surface area contributed by atoms with Crippen molar-refractivity contribution in [2.24, 2.45) is 0 Å². The van der Waals surface area contributed by atoms with Crippen molar-refractivity contribution < 1.29 is 8.42 Å². The minimum Gasteiger partial charge on any atom is -0.346 e. The zero-order valence-corrected chi connectivity index (χ0v) is 17.1. The van der Waals surface area contributed by atoms with E-state index in [4.69, 9.17) is 0 Å². The third-order valence-corrected chi connectivity index (χ3v) is 8.40. The second-order valence-corrected chi connectivity index (χ2v) is 10.3. The zero-order valence-electron chi connectivity index (χ0n) is 16.3. The smallest absolute Gasteiger partial charge is 0.217 e. The molecule has 0 unspecified atom stereocenters. The van der Waals surface area contributed by atoms with Gasteiger partial charge in [0.15, 0.2) is 0 Å². The van der Waals surface area contributed by atoms with Crippen LogP contribution in [0.1, 0.15) is 24.8 Å². The highest BCUT2D eigenvalue weighted by Gasteiger charge is 2.40. The second kappa shape index (κ2) is 6.52. The number of pyridine rings is 1. The van der Waals surface area contributed by atoms with Crippen molar-refractivity contribution in [2.75, 3.05) is 13.1 Å². The number of benzene rings is 1. The fraction of sp³-hybridized carbons (Fsp3) is 0.273. The van der Waals surface area contributed by atoms with Crippen LogP contribution < -0.4 is 0 Å². The van der Waals surface area contributed by atoms with E-state index in [1.165, 1.54) is 0 Å². The summed E-state index contributed by atoms with van der Waals surface area (Å²) in [6.45, 7) is 0.990. The predicted octanol–water partition coefficient (Wildman–Crippen LogP) is 3.69. The molecule has 4 aromatic rings. The number of nitrogens with zero attached hydrogens (tertiary/aromatic N) is 3. The molecule has 1 saturated carbocycles. The number of fused-ring (bicyclic) bond motifs is 2. The van der Waals surface area contributed by atoms with E-state index in [9.17, 15) is 8.42 Å². The molecule has 2 N–H and O–H groups in total. The van der Waals surface area contributed by atoms with E-state index >= 15 is 0 Å². The first-order valence-electron chi connectivity index (χ1n) is 10.2. The van der Waals surface area contributed by atoms with Crippen molar-refractivity contribution >= 4 is 37.7 Å². The SMILES string of the molecule is O=S(=O)(C1CC1)N1CCC=C(c2cnc3[nH]cc(-c4ccc5nc[nH]c5c4)c3c2)C1. The summed E-state index contributed by atoms with van der Waals surface area (Å²) < 4.78 is 27.0. The maximum absolute atomic E-state index is 12.7. The number of hydrogen-bond acceptors (Lipinski definition) is 4. The lowest BCUT2D eigenvalue weighted by atomic mass is 10.0. The topological polar surface area (TPSA) is 94.7 Å². The predicted molar refractivity (Wildman–Crippen MR) is 117 cm³/mol. The van der Waals surface area contributed by atoms with Crippen LogP contribution in [0.2, 0.25) is 0 Å². The van der Waals surface area contributed by atoms with Crippen LogP contribution in [0.5, 0.6) is 0 Å². The lowest BCUT2D eigenvalue weighted by Gasteiger charge is -2.26. The summed E-state index contributed by atoms with van der Waals surface area (Å²) in [6.07, 6.45) is 9.95. The summed E-state index contributed by atoms with van der Waals surface area (Å²) in [5, 5.41) is 0.848. The van der Waals surface area contributed by atoms with Gasteiger partial charge in [-0.3, -0.25) is 0 Å². The molecule has 0 spiro atoms. The molecule has 8 heteroatoms. The van der Waals surface area contributed by atoms with Gasteiger partial charge >= 0.3 is 0 Å². The summed E-state index contributed by atoms with van der Waals surface area (Å²) in [5.74, 6) is 0.